The Morgan fingerprint density at radius 3 is 2.85 bits per heavy atom. The van der Waals surface area contributed by atoms with Crippen molar-refractivity contribution in [1.29, 1.82) is 0 Å². The number of sulfonamides is 1. The zero-order valence-corrected chi connectivity index (χ0v) is 12.9. The Morgan fingerprint density at radius 1 is 1.45 bits per heavy atom. The van der Waals surface area contributed by atoms with E-state index in [-0.39, 0.29) is 4.90 Å². The molecule has 0 aliphatic carbocycles. The molecule has 1 heterocycles. The van der Waals surface area contributed by atoms with E-state index < -0.39 is 10.0 Å². The van der Waals surface area contributed by atoms with E-state index >= 15 is 0 Å². The van der Waals surface area contributed by atoms with Gasteiger partial charge >= 0.3 is 0 Å². The van der Waals surface area contributed by atoms with Crippen molar-refractivity contribution >= 4 is 15.7 Å². The minimum absolute atomic E-state index is 0.212. The Morgan fingerprint density at radius 2 is 2.20 bits per heavy atom. The molecule has 2 rings (SSSR count). The minimum Gasteiger partial charge on any atom is -0.398 e. The van der Waals surface area contributed by atoms with Gasteiger partial charge in [0.25, 0.3) is 0 Å². The van der Waals surface area contributed by atoms with Crippen molar-refractivity contribution in [2.24, 2.45) is 5.92 Å². The predicted octanol–water partition coefficient (Wildman–Crippen LogP) is 1.20. The fourth-order valence-electron chi connectivity index (χ4n) is 2.78. The largest absolute Gasteiger partial charge is 0.398 e. The molecule has 0 spiro atoms. The molecule has 1 aromatic rings. The topological polar surface area (TPSA) is 75.4 Å². The molecule has 1 unspecified atom stereocenters. The van der Waals surface area contributed by atoms with Gasteiger partial charge in [-0.1, -0.05) is 12.1 Å². The highest BCUT2D eigenvalue weighted by Crippen LogP contribution is 2.22. The first-order valence-electron chi connectivity index (χ1n) is 6.93. The Hall–Kier alpha value is -1.11. The first-order valence-corrected chi connectivity index (χ1v) is 8.42. The van der Waals surface area contributed by atoms with E-state index in [1.54, 1.807) is 25.1 Å². The summed E-state index contributed by atoms with van der Waals surface area (Å²) in [6, 6.07) is 5.15. The molecular formula is C14H23N3O2S. The van der Waals surface area contributed by atoms with Gasteiger partial charge in [0.15, 0.2) is 0 Å². The predicted molar refractivity (Wildman–Crippen MR) is 81.0 cm³/mol. The lowest BCUT2D eigenvalue weighted by molar-refractivity contribution is 0.211. The summed E-state index contributed by atoms with van der Waals surface area (Å²) in [5.41, 5.74) is 6.79. The van der Waals surface area contributed by atoms with E-state index in [0.717, 1.165) is 25.9 Å². The fraction of sp³-hybridized carbons (Fsp3) is 0.571. The van der Waals surface area contributed by atoms with Crippen LogP contribution in [0, 0.1) is 12.8 Å². The quantitative estimate of drug-likeness (QED) is 0.819. The van der Waals surface area contributed by atoms with Crippen LogP contribution in [0.4, 0.5) is 5.69 Å². The molecule has 1 atom stereocenters. The average molecular weight is 297 g/mol. The van der Waals surface area contributed by atoms with Gasteiger partial charge in [-0.2, -0.15) is 0 Å². The zero-order valence-electron chi connectivity index (χ0n) is 12.1. The highest BCUT2D eigenvalue weighted by atomic mass is 32.2. The summed E-state index contributed by atoms with van der Waals surface area (Å²) in [6.45, 7) is 4.26. The number of nitrogen functional groups attached to an aromatic ring is 1. The number of nitrogens with one attached hydrogen (secondary N) is 1. The van der Waals surface area contributed by atoms with Gasteiger partial charge in [-0.15, -0.1) is 0 Å². The highest BCUT2D eigenvalue weighted by molar-refractivity contribution is 7.89. The van der Waals surface area contributed by atoms with Gasteiger partial charge in [0.2, 0.25) is 10.0 Å². The lowest BCUT2D eigenvalue weighted by atomic mass is 9.99. The number of rotatable bonds is 4. The van der Waals surface area contributed by atoms with Crippen LogP contribution >= 0.6 is 0 Å². The summed E-state index contributed by atoms with van der Waals surface area (Å²) in [5.74, 6) is 0.369. The third kappa shape index (κ3) is 3.50. The van der Waals surface area contributed by atoms with Gasteiger partial charge in [0, 0.05) is 13.1 Å². The van der Waals surface area contributed by atoms with E-state index in [2.05, 4.69) is 16.7 Å². The molecule has 112 valence electrons. The number of anilines is 1. The zero-order chi connectivity index (χ0) is 14.8. The third-order valence-corrected chi connectivity index (χ3v) is 5.44. The van der Waals surface area contributed by atoms with Crippen molar-refractivity contribution in [3.63, 3.8) is 0 Å². The smallest absolute Gasteiger partial charge is 0.242 e. The number of piperidine rings is 1. The Bertz CT molecular complexity index is 552. The summed E-state index contributed by atoms with van der Waals surface area (Å²) in [7, 11) is -1.46. The van der Waals surface area contributed by atoms with Gasteiger partial charge in [0.1, 0.15) is 4.90 Å². The molecule has 1 aliphatic heterocycles. The SMILES string of the molecule is Cc1cccc(N)c1S(=O)(=O)NCC1CCCN(C)C1. The van der Waals surface area contributed by atoms with Crippen molar-refractivity contribution in [2.75, 3.05) is 32.4 Å². The number of nitrogens with two attached hydrogens (primary N) is 1. The summed E-state index contributed by atoms with van der Waals surface area (Å²) in [4.78, 5) is 2.45. The van der Waals surface area contributed by atoms with Crippen LogP contribution in [-0.2, 0) is 10.0 Å². The van der Waals surface area contributed by atoms with Gasteiger partial charge in [0.05, 0.1) is 5.69 Å². The van der Waals surface area contributed by atoms with Gasteiger partial charge < -0.3 is 10.6 Å². The molecule has 0 amide bonds. The van der Waals surface area contributed by atoms with Crippen molar-refractivity contribution in [3.05, 3.63) is 23.8 Å². The molecule has 0 radical (unpaired) electrons. The number of hydrogen-bond acceptors (Lipinski definition) is 4. The maximum absolute atomic E-state index is 12.4. The molecule has 6 heteroatoms. The van der Waals surface area contributed by atoms with Crippen molar-refractivity contribution in [2.45, 2.75) is 24.7 Å². The van der Waals surface area contributed by atoms with Crippen LogP contribution < -0.4 is 10.5 Å². The molecule has 0 saturated carbocycles. The number of nitrogens with zero attached hydrogens (tertiary/aromatic N) is 1. The number of likely N-dealkylation sites (tertiary alicyclic amines) is 1. The van der Waals surface area contributed by atoms with E-state index in [1.807, 2.05) is 0 Å². The second-order valence-electron chi connectivity index (χ2n) is 5.62. The van der Waals surface area contributed by atoms with Crippen molar-refractivity contribution in [1.82, 2.24) is 9.62 Å². The van der Waals surface area contributed by atoms with Crippen molar-refractivity contribution in [3.8, 4) is 0 Å². The van der Waals surface area contributed by atoms with Crippen LogP contribution in [0.3, 0.4) is 0 Å². The second-order valence-corrected chi connectivity index (χ2v) is 7.32. The van der Waals surface area contributed by atoms with Gasteiger partial charge in [-0.3, -0.25) is 0 Å². The monoisotopic (exact) mass is 297 g/mol. The summed E-state index contributed by atoms with van der Waals surface area (Å²) >= 11 is 0. The van der Waals surface area contributed by atoms with Crippen LogP contribution in [-0.4, -0.2) is 40.0 Å². The summed E-state index contributed by atoms with van der Waals surface area (Å²) in [5, 5.41) is 0. The molecule has 0 bridgehead atoms. The lowest BCUT2D eigenvalue weighted by Crippen LogP contribution is -2.39. The minimum atomic E-state index is -3.53. The molecule has 1 saturated heterocycles. The maximum Gasteiger partial charge on any atom is 0.242 e. The Balaban J connectivity index is 2.08. The Labute approximate surface area is 121 Å². The first kappa shape index (κ1) is 15.3. The van der Waals surface area contributed by atoms with Crippen LogP contribution in [0.1, 0.15) is 18.4 Å². The van der Waals surface area contributed by atoms with Crippen LogP contribution in [0.15, 0.2) is 23.1 Å². The first-order chi connectivity index (χ1) is 9.40. The van der Waals surface area contributed by atoms with Crippen molar-refractivity contribution < 1.29 is 8.42 Å². The molecule has 1 aliphatic rings. The number of aryl methyl sites for hydroxylation is 1. The second kappa shape index (κ2) is 6.11. The van der Waals surface area contributed by atoms with E-state index in [9.17, 15) is 8.42 Å². The van der Waals surface area contributed by atoms with Gasteiger partial charge in [-0.05, 0) is 50.9 Å². The molecule has 3 N–H and O–H groups in total. The van der Waals surface area contributed by atoms with Crippen LogP contribution in [0.5, 0.6) is 0 Å². The van der Waals surface area contributed by atoms with Crippen LogP contribution in [0.25, 0.3) is 0 Å². The van der Waals surface area contributed by atoms with Gasteiger partial charge in [-0.25, -0.2) is 13.1 Å². The normalized spacial score (nSPS) is 21.0. The molecular weight excluding hydrogens is 274 g/mol. The molecule has 20 heavy (non-hydrogen) atoms. The lowest BCUT2D eigenvalue weighted by Gasteiger charge is -2.29. The average Bonchev–Trinajstić information content (AvgIpc) is 2.36. The van der Waals surface area contributed by atoms with E-state index in [0.29, 0.717) is 23.7 Å². The standard InChI is InChI=1S/C14H23N3O2S/c1-11-5-3-7-13(15)14(11)20(18,19)16-9-12-6-4-8-17(2)10-12/h3,5,7,12,16H,4,6,8-10,15H2,1-2H3. The summed E-state index contributed by atoms with van der Waals surface area (Å²) in [6.07, 6.45) is 2.19. The number of hydrogen-bond donors (Lipinski definition) is 2. The number of benzene rings is 1. The molecule has 1 aromatic carbocycles. The molecule has 1 fully saturated rings. The molecule has 0 aromatic heterocycles. The highest BCUT2D eigenvalue weighted by Gasteiger charge is 2.23. The molecule has 5 nitrogen and oxygen atoms in total. The van der Waals surface area contributed by atoms with E-state index in [1.165, 1.54) is 0 Å². The maximum atomic E-state index is 12.4. The Kier molecular flexibility index (Phi) is 4.67. The van der Waals surface area contributed by atoms with Crippen LogP contribution in [0.2, 0.25) is 0 Å². The summed E-state index contributed by atoms with van der Waals surface area (Å²) < 4.78 is 27.5. The third-order valence-electron chi connectivity index (χ3n) is 3.80. The van der Waals surface area contributed by atoms with E-state index in [4.69, 9.17) is 5.73 Å². The fourth-order valence-corrected chi connectivity index (χ4v) is 4.25.